The number of fused-ring (bicyclic) bond motifs is 1. The maximum atomic E-state index is 14.7. The second kappa shape index (κ2) is 7.52. The van der Waals surface area contributed by atoms with Gasteiger partial charge in [0.2, 0.25) is 0 Å². The summed E-state index contributed by atoms with van der Waals surface area (Å²) in [6.45, 7) is 1.83. The van der Waals surface area contributed by atoms with Crippen LogP contribution in [0.25, 0.3) is 0 Å². The first-order valence-electron chi connectivity index (χ1n) is 9.11. The van der Waals surface area contributed by atoms with Crippen molar-refractivity contribution in [3.8, 4) is 0 Å². The highest BCUT2D eigenvalue weighted by atomic mass is 19.2. The Morgan fingerprint density at radius 1 is 1.07 bits per heavy atom. The van der Waals surface area contributed by atoms with Gasteiger partial charge >= 0.3 is 0 Å². The van der Waals surface area contributed by atoms with Crippen molar-refractivity contribution >= 4 is 5.69 Å². The predicted octanol–water partition coefficient (Wildman–Crippen LogP) is 4.67. The Hall–Kier alpha value is -3.06. The van der Waals surface area contributed by atoms with Gasteiger partial charge in [0.1, 0.15) is 0 Å². The van der Waals surface area contributed by atoms with Crippen LogP contribution < -0.4 is 0 Å². The summed E-state index contributed by atoms with van der Waals surface area (Å²) in [5.41, 5.74) is 1.93. The van der Waals surface area contributed by atoms with E-state index < -0.39 is 22.6 Å². The molecule has 1 aromatic heterocycles. The van der Waals surface area contributed by atoms with Crippen LogP contribution in [0.3, 0.4) is 0 Å². The summed E-state index contributed by atoms with van der Waals surface area (Å²) in [6.07, 6.45) is 2.78. The Morgan fingerprint density at radius 2 is 1.89 bits per heavy atom. The Morgan fingerprint density at radius 3 is 2.71 bits per heavy atom. The van der Waals surface area contributed by atoms with Crippen LogP contribution in [0.4, 0.5) is 14.5 Å². The van der Waals surface area contributed by atoms with Crippen molar-refractivity contribution in [3.63, 3.8) is 0 Å². The van der Waals surface area contributed by atoms with Gasteiger partial charge in [0, 0.05) is 49.2 Å². The summed E-state index contributed by atoms with van der Waals surface area (Å²) < 4.78 is 30.7. The lowest BCUT2D eigenvalue weighted by molar-refractivity contribution is -0.384. The molecule has 1 atom stereocenters. The Balaban J connectivity index is 1.77. The molecular formula is C21H19F2N3O2. The first kappa shape index (κ1) is 18.3. The number of nitrogens with zero attached hydrogens (tertiary/aromatic N) is 3. The standard InChI is InChI=1S/C21H19F2N3O2/c22-18-8-2-7-17(20(18)23)21-19-9-3-10-24(19)11-4-12-25(21)14-15-5-1-6-16(13-15)26(27)28/h1-3,5-10,13,21H,4,11-12,14H2/t21-/m0/s1. The molecule has 0 bridgehead atoms. The van der Waals surface area contributed by atoms with E-state index in [0.29, 0.717) is 13.1 Å². The van der Waals surface area contributed by atoms with Crippen molar-refractivity contribution < 1.29 is 13.7 Å². The number of rotatable bonds is 4. The van der Waals surface area contributed by atoms with Gasteiger partial charge in [-0.25, -0.2) is 8.78 Å². The van der Waals surface area contributed by atoms with Gasteiger partial charge in [-0.1, -0.05) is 24.3 Å². The van der Waals surface area contributed by atoms with Crippen LogP contribution in [-0.2, 0) is 13.1 Å². The lowest BCUT2D eigenvalue weighted by Gasteiger charge is -2.31. The number of aryl methyl sites for hydroxylation is 1. The fourth-order valence-corrected chi connectivity index (χ4v) is 3.90. The maximum Gasteiger partial charge on any atom is 0.269 e. The summed E-state index contributed by atoms with van der Waals surface area (Å²) in [6, 6.07) is 14.0. The van der Waals surface area contributed by atoms with Crippen molar-refractivity contribution in [1.82, 2.24) is 9.47 Å². The molecular weight excluding hydrogens is 364 g/mol. The molecule has 0 fully saturated rings. The van der Waals surface area contributed by atoms with Gasteiger partial charge in [-0.15, -0.1) is 0 Å². The average molecular weight is 383 g/mol. The SMILES string of the molecule is O=[N+]([O-])c1cccc(CN2CCCn3cccc3[C@@H]2c2cccc(F)c2F)c1. The van der Waals surface area contributed by atoms with E-state index in [2.05, 4.69) is 9.47 Å². The second-order valence-corrected chi connectivity index (χ2v) is 6.92. The predicted molar refractivity (Wildman–Crippen MR) is 101 cm³/mol. The van der Waals surface area contributed by atoms with Gasteiger partial charge < -0.3 is 4.57 Å². The Bertz CT molecular complexity index is 1020. The molecule has 0 unspecified atom stereocenters. The van der Waals surface area contributed by atoms with E-state index in [-0.39, 0.29) is 11.3 Å². The zero-order chi connectivity index (χ0) is 19.7. The molecule has 0 saturated carbocycles. The number of aromatic nitrogens is 1. The minimum Gasteiger partial charge on any atom is -0.350 e. The van der Waals surface area contributed by atoms with Crippen molar-refractivity contribution in [2.45, 2.75) is 25.6 Å². The summed E-state index contributed by atoms with van der Waals surface area (Å²) in [7, 11) is 0. The molecule has 0 spiro atoms. The normalized spacial score (nSPS) is 17.1. The van der Waals surface area contributed by atoms with Gasteiger partial charge in [0.15, 0.2) is 11.6 Å². The first-order chi connectivity index (χ1) is 13.5. The van der Waals surface area contributed by atoms with Crippen molar-refractivity contribution in [1.29, 1.82) is 0 Å². The van der Waals surface area contributed by atoms with E-state index in [0.717, 1.165) is 30.3 Å². The van der Waals surface area contributed by atoms with Gasteiger partial charge in [0.05, 0.1) is 11.0 Å². The topological polar surface area (TPSA) is 51.3 Å². The fourth-order valence-electron chi connectivity index (χ4n) is 3.90. The lowest BCUT2D eigenvalue weighted by Crippen LogP contribution is -2.30. The Kier molecular flexibility index (Phi) is 4.92. The highest BCUT2D eigenvalue weighted by Crippen LogP contribution is 2.35. The second-order valence-electron chi connectivity index (χ2n) is 6.92. The number of nitro benzene ring substituents is 1. The van der Waals surface area contributed by atoms with Gasteiger partial charge in [-0.05, 0) is 30.2 Å². The first-order valence-corrected chi connectivity index (χ1v) is 9.11. The third kappa shape index (κ3) is 3.41. The smallest absolute Gasteiger partial charge is 0.269 e. The molecule has 28 heavy (non-hydrogen) atoms. The number of halogens is 2. The van der Waals surface area contributed by atoms with E-state index in [1.807, 2.05) is 24.4 Å². The monoisotopic (exact) mass is 383 g/mol. The van der Waals surface area contributed by atoms with E-state index in [9.17, 15) is 18.9 Å². The minimum absolute atomic E-state index is 0.0178. The largest absolute Gasteiger partial charge is 0.350 e. The molecule has 2 aromatic carbocycles. The number of non-ortho nitro benzene ring substituents is 1. The average Bonchev–Trinajstić information content (AvgIpc) is 3.07. The molecule has 144 valence electrons. The van der Waals surface area contributed by atoms with Crippen LogP contribution in [0.1, 0.15) is 29.3 Å². The number of benzene rings is 2. The molecule has 3 aromatic rings. The van der Waals surface area contributed by atoms with E-state index in [4.69, 9.17) is 0 Å². The summed E-state index contributed by atoms with van der Waals surface area (Å²) in [4.78, 5) is 12.7. The highest BCUT2D eigenvalue weighted by Gasteiger charge is 2.30. The van der Waals surface area contributed by atoms with Crippen LogP contribution in [0, 0.1) is 21.7 Å². The molecule has 1 aliphatic rings. The lowest BCUT2D eigenvalue weighted by atomic mass is 10.00. The van der Waals surface area contributed by atoms with Gasteiger partial charge in [-0.3, -0.25) is 15.0 Å². The molecule has 0 radical (unpaired) electrons. The van der Waals surface area contributed by atoms with Crippen LogP contribution in [0.15, 0.2) is 60.8 Å². The maximum absolute atomic E-state index is 14.7. The van der Waals surface area contributed by atoms with Crippen molar-refractivity contribution in [2.75, 3.05) is 6.54 Å². The van der Waals surface area contributed by atoms with Crippen LogP contribution >= 0.6 is 0 Å². The zero-order valence-electron chi connectivity index (χ0n) is 15.1. The fraction of sp³-hybridized carbons (Fsp3) is 0.238. The quantitative estimate of drug-likeness (QED) is 0.486. The molecule has 0 N–H and O–H groups in total. The summed E-state index contributed by atoms with van der Waals surface area (Å²) >= 11 is 0. The highest BCUT2D eigenvalue weighted by molar-refractivity contribution is 5.35. The molecule has 0 amide bonds. The van der Waals surface area contributed by atoms with Crippen LogP contribution in [-0.4, -0.2) is 20.9 Å². The molecule has 5 nitrogen and oxygen atoms in total. The third-order valence-electron chi connectivity index (χ3n) is 5.14. The van der Waals surface area contributed by atoms with Crippen LogP contribution in [0.5, 0.6) is 0 Å². The van der Waals surface area contributed by atoms with Crippen molar-refractivity contribution in [2.24, 2.45) is 0 Å². The van der Waals surface area contributed by atoms with E-state index in [1.54, 1.807) is 12.1 Å². The molecule has 0 saturated heterocycles. The zero-order valence-corrected chi connectivity index (χ0v) is 15.1. The molecule has 2 heterocycles. The molecule has 1 aliphatic heterocycles. The van der Waals surface area contributed by atoms with E-state index in [1.165, 1.54) is 18.2 Å². The van der Waals surface area contributed by atoms with E-state index >= 15 is 0 Å². The third-order valence-corrected chi connectivity index (χ3v) is 5.14. The number of hydrogen-bond acceptors (Lipinski definition) is 3. The van der Waals surface area contributed by atoms with Gasteiger partial charge in [0.25, 0.3) is 5.69 Å². The van der Waals surface area contributed by atoms with Crippen LogP contribution in [0.2, 0.25) is 0 Å². The summed E-state index contributed by atoms with van der Waals surface area (Å²) in [5.74, 6) is -1.73. The number of hydrogen-bond donors (Lipinski definition) is 0. The van der Waals surface area contributed by atoms with Gasteiger partial charge in [-0.2, -0.15) is 0 Å². The minimum atomic E-state index is -0.879. The number of nitro groups is 1. The molecule has 7 heteroatoms. The van der Waals surface area contributed by atoms with Crippen molar-refractivity contribution in [3.05, 3.63) is 99.4 Å². The molecule has 4 rings (SSSR count). The Labute approximate surface area is 161 Å². The molecule has 0 aliphatic carbocycles. The summed E-state index contributed by atoms with van der Waals surface area (Å²) in [5, 5.41) is 11.1.